The average molecular weight is 376 g/mol. The van der Waals surface area contributed by atoms with Gasteiger partial charge in [-0.2, -0.15) is 5.10 Å². The van der Waals surface area contributed by atoms with Crippen LogP contribution in [-0.2, 0) is 4.79 Å². The standard InChI is InChI=1S/C23H24N2O3/c1-16(2)18-9-6-7-11-22(18)28-15-23(26)25-24-14-20-19-10-5-4-8-17(19)12-13-21(20)27-3/h4-14,16H,15H2,1-3H3,(H,25,26)/b24-14+. The van der Waals surface area contributed by atoms with Crippen LogP contribution in [0.2, 0.25) is 0 Å². The molecule has 1 N–H and O–H groups in total. The fourth-order valence-corrected chi connectivity index (χ4v) is 3.02. The Hall–Kier alpha value is -3.34. The summed E-state index contributed by atoms with van der Waals surface area (Å²) in [4.78, 5) is 12.1. The number of rotatable bonds is 7. The maximum absolute atomic E-state index is 12.1. The van der Waals surface area contributed by atoms with E-state index in [4.69, 9.17) is 9.47 Å². The Morgan fingerprint density at radius 2 is 1.79 bits per heavy atom. The number of carbonyl (C=O) groups is 1. The summed E-state index contributed by atoms with van der Waals surface area (Å²) in [6.45, 7) is 4.07. The molecule has 3 aromatic rings. The molecule has 3 aromatic carbocycles. The van der Waals surface area contributed by atoms with Gasteiger partial charge in [-0.25, -0.2) is 5.43 Å². The molecule has 0 aliphatic rings. The van der Waals surface area contributed by atoms with Crippen molar-refractivity contribution in [3.05, 3.63) is 71.8 Å². The van der Waals surface area contributed by atoms with E-state index in [1.807, 2.05) is 60.7 Å². The number of ether oxygens (including phenoxy) is 2. The molecule has 0 heterocycles. The zero-order valence-electron chi connectivity index (χ0n) is 16.3. The molecular formula is C23H24N2O3. The molecule has 28 heavy (non-hydrogen) atoms. The maximum atomic E-state index is 12.1. The molecule has 0 radical (unpaired) electrons. The summed E-state index contributed by atoms with van der Waals surface area (Å²) in [7, 11) is 1.61. The minimum absolute atomic E-state index is 0.103. The molecule has 0 saturated carbocycles. The number of nitrogens with zero attached hydrogens (tertiary/aromatic N) is 1. The van der Waals surface area contributed by atoms with E-state index in [0.717, 1.165) is 21.9 Å². The van der Waals surface area contributed by atoms with Crippen LogP contribution in [0.4, 0.5) is 0 Å². The number of hydrogen-bond donors (Lipinski definition) is 1. The summed E-state index contributed by atoms with van der Waals surface area (Å²) in [5.74, 6) is 1.40. The van der Waals surface area contributed by atoms with Gasteiger partial charge in [0.15, 0.2) is 6.61 Å². The first-order valence-corrected chi connectivity index (χ1v) is 9.19. The van der Waals surface area contributed by atoms with Crippen molar-refractivity contribution >= 4 is 22.9 Å². The van der Waals surface area contributed by atoms with E-state index in [0.29, 0.717) is 17.4 Å². The van der Waals surface area contributed by atoms with Gasteiger partial charge in [0, 0.05) is 5.56 Å². The lowest BCUT2D eigenvalue weighted by molar-refractivity contribution is -0.123. The summed E-state index contributed by atoms with van der Waals surface area (Å²) in [6.07, 6.45) is 1.60. The predicted molar refractivity (Wildman–Crippen MR) is 112 cm³/mol. The van der Waals surface area contributed by atoms with Crippen LogP contribution >= 0.6 is 0 Å². The van der Waals surface area contributed by atoms with Gasteiger partial charge < -0.3 is 9.47 Å². The molecule has 5 nitrogen and oxygen atoms in total. The number of methoxy groups -OCH3 is 1. The van der Waals surface area contributed by atoms with Crippen LogP contribution in [0.25, 0.3) is 10.8 Å². The second-order valence-electron chi connectivity index (χ2n) is 6.68. The number of carbonyl (C=O) groups excluding carboxylic acids is 1. The molecule has 0 bridgehead atoms. The van der Waals surface area contributed by atoms with Crippen LogP contribution < -0.4 is 14.9 Å². The molecule has 0 atom stereocenters. The second-order valence-corrected chi connectivity index (χ2v) is 6.68. The van der Waals surface area contributed by atoms with E-state index in [9.17, 15) is 4.79 Å². The zero-order valence-corrected chi connectivity index (χ0v) is 16.3. The fourth-order valence-electron chi connectivity index (χ4n) is 3.02. The van der Waals surface area contributed by atoms with E-state index >= 15 is 0 Å². The van der Waals surface area contributed by atoms with Crippen molar-refractivity contribution in [3.8, 4) is 11.5 Å². The molecule has 0 aliphatic heterocycles. The average Bonchev–Trinajstić information content (AvgIpc) is 2.72. The van der Waals surface area contributed by atoms with Crippen LogP contribution in [0, 0.1) is 0 Å². The quantitative estimate of drug-likeness (QED) is 0.488. The zero-order chi connectivity index (χ0) is 19.9. The largest absolute Gasteiger partial charge is 0.496 e. The highest BCUT2D eigenvalue weighted by atomic mass is 16.5. The van der Waals surface area contributed by atoms with Gasteiger partial charge in [0.1, 0.15) is 11.5 Å². The van der Waals surface area contributed by atoms with E-state index < -0.39 is 0 Å². The SMILES string of the molecule is COc1ccc2ccccc2c1/C=N/NC(=O)COc1ccccc1C(C)C. The Labute approximate surface area is 165 Å². The Balaban J connectivity index is 1.67. The maximum Gasteiger partial charge on any atom is 0.277 e. The molecule has 0 fully saturated rings. The van der Waals surface area contributed by atoms with Gasteiger partial charge in [-0.05, 0) is 34.4 Å². The molecule has 0 aliphatic carbocycles. The molecule has 3 rings (SSSR count). The lowest BCUT2D eigenvalue weighted by Crippen LogP contribution is -2.25. The van der Waals surface area contributed by atoms with E-state index in [2.05, 4.69) is 24.4 Å². The van der Waals surface area contributed by atoms with Gasteiger partial charge in [-0.15, -0.1) is 0 Å². The Morgan fingerprint density at radius 1 is 1.04 bits per heavy atom. The highest BCUT2D eigenvalue weighted by Crippen LogP contribution is 2.27. The van der Waals surface area contributed by atoms with Gasteiger partial charge in [0.05, 0.1) is 13.3 Å². The molecule has 144 valence electrons. The lowest BCUT2D eigenvalue weighted by Gasteiger charge is -2.13. The Morgan fingerprint density at radius 3 is 2.57 bits per heavy atom. The lowest BCUT2D eigenvalue weighted by atomic mass is 10.0. The monoisotopic (exact) mass is 376 g/mol. The van der Waals surface area contributed by atoms with E-state index in [-0.39, 0.29) is 12.5 Å². The second kappa shape index (κ2) is 9.04. The van der Waals surface area contributed by atoms with Crippen LogP contribution in [0.5, 0.6) is 11.5 Å². The normalized spacial score (nSPS) is 11.1. The van der Waals surface area contributed by atoms with Crippen molar-refractivity contribution in [2.24, 2.45) is 5.10 Å². The summed E-state index contributed by atoms with van der Waals surface area (Å²) in [6, 6.07) is 19.5. The molecule has 5 heteroatoms. The van der Waals surface area contributed by atoms with E-state index in [1.54, 1.807) is 13.3 Å². The molecule has 0 spiro atoms. The Bertz CT molecular complexity index is 996. The van der Waals surface area contributed by atoms with Gasteiger partial charge in [0.25, 0.3) is 5.91 Å². The summed E-state index contributed by atoms with van der Waals surface area (Å²) < 4.78 is 11.1. The highest BCUT2D eigenvalue weighted by molar-refractivity contribution is 6.02. The van der Waals surface area contributed by atoms with Gasteiger partial charge in [0.2, 0.25) is 0 Å². The summed E-state index contributed by atoms with van der Waals surface area (Å²) >= 11 is 0. The third-order valence-electron chi connectivity index (χ3n) is 4.43. The number of amides is 1. The van der Waals surface area contributed by atoms with E-state index in [1.165, 1.54) is 0 Å². The molecule has 0 saturated heterocycles. The van der Waals surface area contributed by atoms with Crippen molar-refractivity contribution in [2.45, 2.75) is 19.8 Å². The first-order chi connectivity index (χ1) is 13.6. The van der Waals surface area contributed by atoms with Crippen LogP contribution in [0.15, 0.2) is 65.8 Å². The summed E-state index contributed by atoms with van der Waals surface area (Å²) in [5.41, 5.74) is 4.40. The van der Waals surface area contributed by atoms with Crippen LogP contribution in [-0.4, -0.2) is 25.8 Å². The van der Waals surface area contributed by atoms with Crippen LogP contribution in [0.1, 0.15) is 30.9 Å². The minimum atomic E-state index is -0.325. The van der Waals surface area contributed by atoms with Crippen molar-refractivity contribution in [1.82, 2.24) is 5.43 Å². The smallest absolute Gasteiger partial charge is 0.277 e. The third-order valence-corrected chi connectivity index (χ3v) is 4.43. The molecule has 0 unspecified atom stereocenters. The molecule has 0 aromatic heterocycles. The number of para-hydroxylation sites is 1. The fraction of sp³-hybridized carbons (Fsp3) is 0.217. The van der Waals surface area contributed by atoms with Gasteiger partial charge in [-0.3, -0.25) is 4.79 Å². The first kappa shape index (κ1) is 19.4. The van der Waals surface area contributed by atoms with Gasteiger partial charge >= 0.3 is 0 Å². The number of fused-ring (bicyclic) bond motifs is 1. The minimum Gasteiger partial charge on any atom is -0.496 e. The van der Waals surface area contributed by atoms with Gasteiger partial charge in [-0.1, -0.05) is 62.4 Å². The first-order valence-electron chi connectivity index (χ1n) is 9.19. The Kier molecular flexibility index (Phi) is 6.27. The van der Waals surface area contributed by atoms with Crippen molar-refractivity contribution in [3.63, 3.8) is 0 Å². The topological polar surface area (TPSA) is 59.9 Å². The summed E-state index contributed by atoms with van der Waals surface area (Å²) in [5, 5.41) is 6.16. The molecular weight excluding hydrogens is 352 g/mol. The third kappa shape index (κ3) is 4.49. The number of benzene rings is 3. The number of hydrogen-bond acceptors (Lipinski definition) is 4. The highest BCUT2D eigenvalue weighted by Gasteiger charge is 2.09. The van der Waals surface area contributed by atoms with Crippen molar-refractivity contribution < 1.29 is 14.3 Å². The number of nitrogens with one attached hydrogen (secondary N) is 1. The predicted octanol–water partition coefficient (Wildman–Crippen LogP) is 4.50. The van der Waals surface area contributed by atoms with Crippen LogP contribution in [0.3, 0.4) is 0 Å². The van der Waals surface area contributed by atoms with Crippen molar-refractivity contribution in [2.75, 3.05) is 13.7 Å². The van der Waals surface area contributed by atoms with Crippen molar-refractivity contribution in [1.29, 1.82) is 0 Å². The number of hydrazone groups is 1. The molecule has 1 amide bonds.